The summed E-state index contributed by atoms with van der Waals surface area (Å²) >= 11 is 0. The molecule has 11 nitrogen and oxygen atoms in total. The quantitative estimate of drug-likeness (QED) is 0.486. The third-order valence-corrected chi connectivity index (χ3v) is 6.71. The Morgan fingerprint density at radius 1 is 1.21 bits per heavy atom. The molecule has 0 bridgehead atoms. The highest BCUT2D eigenvalue weighted by atomic mass is 16.5. The van der Waals surface area contributed by atoms with E-state index in [1.807, 2.05) is 24.3 Å². The van der Waals surface area contributed by atoms with Crippen molar-refractivity contribution in [1.82, 2.24) is 20.4 Å². The van der Waals surface area contributed by atoms with Gasteiger partial charge in [-0.25, -0.2) is 4.79 Å². The monoisotopic (exact) mass is 474 g/mol. The summed E-state index contributed by atoms with van der Waals surface area (Å²) in [6.45, 7) is 0.791. The number of carbonyl (C=O) groups excluding carboxylic acids is 3. The number of likely N-dealkylation sites (N-methyl/N-ethyl adjacent to an activating group) is 1. The summed E-state index contributed by atoms with van der Waals surface area (Å²) in [6.07, 6.45) is 0.839. The molecule has 184 valence electrons. The number of nitrogens with zero attached hydrogens (tertiary/aromatic N) is 2. The van der Waals surface area contributed by atoms with E-state index in [1.54, 1.807) is 0 Å². The lowest BCUT2D eigenvalue weighted by molar-refractivity contribution is -0.148. The van der Waals surface area contributed by atoms with Gasteiger partial charge in [-0.1, -0.05) is 18.2 Å². The van der Waals surface area contributed by atoms with Crippen LogP contribution in [0.3, 0.4) is 0 Å². The van der Waals surface area contributed by atoms with Gasteiger partial charge in [-0.3, -0.25) is 9.59 Å². The Hall–Kier alpha value is -3.18. The number of amides is 3. The van der Waals surface area contributed by atoms with Crippen molar-refractivity contribution in [3.05, 3.63) is 29.8 Å². The van der Waals surface area contributed by atoms with E-state index in [9.17, 15) is 19.2 Å². The minimum absolute atomic E-state index is 0.0169. The van der Waals surface area contributed by atoms with E-state index in [0.29, 0.717) is 45.2 Å². The van der Waals surface area contributed by atoms with Gasteiger partial charge in [-0.2, -0.15) is 0 Å². The molecule has 5 atom stereocenters. The molecular formula is C23H30N4O7. The summed E-state index contributed by atoms with van der Waals surface area (Å²) in [5.41, 5.74) is 0.914. The van der Waals surface area contributed by atoms with Gasteiger partial charge in [-0.15, -0.1) is 0 Å². The first kappa shape index (κ1) is 24.0. The van der Waals surface area contributed by atoms with Crippen molar-refractivity contribution in [2.45, 2.75) is 56.1 Å². The molecule has 3 amide bonds. The number of hydrogen-bond acceptors (Lipinski definition) is 7. The summed E-state index contributed by atoms with van der Waals surface area (Å²) in [4.78, 5) is 51.6. The smallest absolute Gasteiger partial charge is 0.407 e. The number of hydrogen-bond donors (Lipinski definition) is 3. The minimum Gasteiger partial charge on any atom is -0.493 e. The van der Waals surface area contributed by atoms with Crippen LogP contribution in [0.5, 0.6) is 5.75 Å². The summed E-state index contributed by atoms with van der Waals surface area (Å²) < 4.78 is 11.5. The second kappa shape index (κ2) is 10.4. The number of benzene rings is 1. The molecule has 3 N–H and O–H groups in total. The largest absolute Gasteiger partial charge is 0.493 e. The zero-order valence-corrected chi connectivity index (χ0v) is 19.0. The maximum Gasteiger partial charge on any atom is 0.407 e. The number of aldehydes is 1. The normalized spacial score (nSPS) is 27.0. The summed E-state index contributed by atoms with van der Waals surface area (Å²) in [7, 11) is 1.30. The van der Waals surface area contributed by atoms with Crippen LogP contribution in [0.2, 0.25) is 0 Å². The van der Waals surface area contributed by atoms with E-state index < -0.39 is 30.4 Å². The van der Waals surface area contributed by atoms with E-state index in [0.717, 1.165) is 16.2 Å². The zero-order chi connectivity index (χ0) is 24.2. The van der Waals surface area contributed by atoms with Crippen LogP contribution in [0.25, 0.3) is 0 Å². The highest BCUT2D eigenvalue weighted by Gasteiger charge is 2.45. The lowest BCUT2D eigenvalue weighted by Gasteiger charge is -2.32. The topological polar surface area (TPSA) is 138 Å². The van der Waals surface area contributed by atoms with Crippen LogP contribution in [-0.2, 0) is 19.1 Å². The average Bonchev–Trinajstić information content (AvgIpc) is 3.20. The summed E-state index contributed by atoms with van der Waals surface area (Å²) in [5.74, 6) is 0.228. The molecular weight excluding hydrogens is 444 g/mol. The van der Waals surface area contributed by atoms with Gasteiger partial charge in [0.25, 0.3) is 0 Å². The molecule has 0 spiro atoms. The third-order valence-electron chi connectivity index (χ3n) is 6.71. The molecule has 2 saturated heterocycles. The fourth-order valence-corrected chi connectivity index (χ4v) is 4.75. The molecule has 3 aliphatic rings. The van der Waals surface area contributed by atoms with Crippen LogP contribution in [0.4, 0.5) is 4.79 Å². The molecule has 1 aromatic carbocycles. The first-order valence-electron chi connectivity index (χ1n) is 11.5. The molecule has 34 heavy (non-hydrogen) atoms. The van der Waals surface area contributed by atoms with Crippen LogP contribution in [0.1, 0.15) is 37.3 Å². The predicted molar refractivity (Wildman–Crippen MR) is 119 cm³/mol. The molecule has 0 aliphatic carbocycles. The Kier molecular flexibility index (Phi) is 7.32. The maximum absolute atomic E-state index is 13.4. The summed E-state index contributed by atoms with van der Waals surface area (Å²) in [6, 6.07) is 5.09. The van der Waals surface area contributed by atoms with Gasteiger partial charge in [0.2, 0.25) is 11.8 Å². The lowest BCUT2D eigenvalue weighted by atomic mass is 10.00. The van der Waals surface area contributed by atoms with E-state index >= 15 is 0 Å². The van der Waals surface area contributed by atoms with Crippen molar-refractivity contribution in [3.8, 4) is 5.75 Å². The van der Waals surface area contributed by atoms with Crippen LogP contribution in [0, 0.1) is 0 Å². The van der Waals surface area contributed by atoms with Gasteiger partial charge in [0.05, 0.1) is 25.3 Å². The number of rotatable bonds is 7. The number of nitrogens with one attached hydrogen (secondary N) is 2. The number of ether oxygens (including phenoxy) is 2. The Bertz CT molecular complexity index is 942. The standard InChI is InChI=1S/C23H30N4O7/c1-26(23(31)32)14(13-28)12-24-17-9-11-34-20-7-6-18(27(20)22(17)30)21(29)25-16-8-10-33-19-5-3-2-4-15(16)19/h2-5,13-14,16-18,20,24H,6-12H2,1H3,(H,25,29)(H,31,32)/t14-,16+,17-,18+,20-/m0/s1. The number of para-hydroxylation sites is 1. The molecule has 2 fully saturated rings. The van der Waals surface area contributed by atoms with Crippen molar-refractivity contribution >= 4 is 24.2 Å². The van der Waals surface area contributed by atoms with Crippen molar-refractivity contribution in [2.24, 2.45) is 0 Å². The Morgan fingerprint density at radius 2 is 1.97 bits per heavy atom. The van der Waals surface area contributed by atoms with Gasteiger partial charge < -0.3 is 39.8 Å². The van der Waals surface area contributed by atoms with E-state index in [4.69, 9.17) is 14.6 Å². The van der Waals surface area contributed by atoms with E-state index in [1.165, 1.54) is 11.9 Å². The van der Waals surface area contributed by atoms with Crippen molar-refractivity contribution in [1.29, 1.82) is 0 Å². The Balaban J connectivity index is 1.43. The van der Waals surface area contributed by atoms with Gasteiger partial charge in [0.1, 0.15) is 30.3 Å². The van der Waals surface area contributed by atoms with Crippen LogP contribution < -0.4 is 15.4 Å². The van der Waals surface area contributed by atoms with E-state index in [2.05, 4.69) is 10.6 Å². The van der Waals surface area contributed by atoms with Crippen molar-refractivity contribution in [3.63, 3.8) is 0 Å². The number of fused-ring (bicyclic) bond motifs is 2. The predicted octanol–water partition coefficient (Wildman–Crippen LogP) is 0.499. The SMILES string of the molecule is CN(C(=O)O)[C@H](C=O)CN[C@H]1CCO[C@H]2CC[C@H](C(=O)N[C@@H]3CCOc4ccccc43)N2C1=O. The number of carboxylic acid groups (broad SMARTS) is 1. The molecule has 0 radical (unpaired) electrons. The second-order valence-corrected chi connectivity index (χ2v) is 8.75. The first-order valence-corrected chi connectivity index (χ1v) is 11.5. The summed E-state index contributed by atoms with van der Waals surface area (Å²) in [5, 5.41) is 15.2. The molecule has 4 rings (SSSR count). The van der Waals surface area contributed by atoms with Crippen LogP contribution >= 0.6 is 0 Å². The van der Waals surface area contributed by atoms with Gasteiger partial charge in [0, 0.05) is 25.6 Å². The average molecular weight is 475 g/mol. The minimum atomic E-state index is -1.24. The van der Waals surface area contributed by atoms with Gasteiger partial charge >= 0.3 is 6.09 Å². The molecule has 11 heteroatoms. The maximum atomic E-state index is 13.4. The zero-order valence-electron chi connectivity index (χ0n) is 19.0. The van der Waals surface area contributed by atoms with Gasteiger partial charge in [-0.05, 0) is 25.3 Å². The first-order chi connectivity index (χ1) is 16.4. The van der Waals surface area contributed by atoms with Crippen molar-refractivity contribution in [2.75, 3.05) is 26.8 Å². The highest BCUT2D eigenvalue weighted by molar-refractivity contribution is 5.91. The van der Waals surface area contributed by atoms with Crippen molar-refractivity contribution < 1.29 is 33.8 Å². The second-order valence-electron chi connectivity index (χ2n) is 8.75. The fourth-order valence-electron chi connectivity index (χ4n) is 4.75. The Morgan fingerprint density at radius 3 is 2.74 bits per heavy atom. The molecule has 0 unspecified atom stereocenters. The molecule has 0 aromatic heterocycles. The van der Waals surface area contributed by atoms with E-state index in [-0.39, 0.29) is 24.4 Å². The molecule has 1 aromatic rings. The van der Waals surface area contributed by atoms with Crippen LogP contribution in [-0.4, -0.2) is 90.3 Å². The molecule has 3 heterocycles. The molecule has 0 saturated carbocycles. The molecule has 3 aliphatic heterocycles. The third kappa shape index (κ3) is 4.85. The number of carbonyl (C=O) groups is 4. The lowest BCUT2D eigenvalue weighted by Crippen LogP contribution is -2.56. The van der Waals surface area contributed by atoms with Gasteiger partial charge in [0.15, 0.2) is 0 Å². The fraction of sp³-hybridized carbons (Fsp3) is 0.565. The van der Waals surface area contributed by atoms with Crippen LogP contribution in [0.15, 0.2) is 24.3 Å². The highest BCUT2D eigenvalue weighted by Crippen LogP contribution is 2.33. The Labute approximate surface area is 197 Å².